The van der Waals surface area contributed by atoms with Crippen molar-refractivity contribution in [2.45, 2.75) is 58.0 Å². The molecule has 0 aliphatic heterocycles. The average Bonchev–Trinajstić information content (AvgIpc) is 3.22. The van der Waals surface area contributed by atoms with Gasteiger partial charge in [-0.25, -0.2) is 0 Å². The van der Waals surface area contributed by atoms with E-state index in [-0.39, 0.29) is 0 Å². The summed E-state index contributed by atoms with van der Waals surface area (Å²) in [4.78, 5) is 0. The summed E-state index contributed by atoms with van der Waals surface area (Å²) in [7, 11) is 0. The van der Waals surface area contributed by atoms with Crippen molar-refractivity contribution in [3.05, 3.63) is 28.8 Å². The molecular weight excluding hydrogens is 258 g/mol. The largest absolute Gasteiger partial charge is 0.492 e. The van der Waals surface area contributed by atoms with Crippen LogP contribution in [0, 0.1) is 0 Å². The van der Waals surface area contributed by atoms with Crippen LogP contribution in [0.15, 0.2) is 18.2 Å². The Balaban J connectivity index is 1.84. The first-order valence-corrected chi connectivity index (χ1v) is 7.82. The Labute approximate surface area is 121 Å². The Bertz CT molecular complexity index is 390. The molecule has 1 fully saturated rings. The molecule has 0 radical (unpaired) electrons. The molecule has 0 amide bonds. The van der Waals surface area contributed by atoms with Gasteiger partial charge in [-0.15, -0.1) is 0 Å². The van der Waals surface area contributed by atoms with Crippen LogP contribution in [0.25, 0.3) is 0 Å². The molecule has 1 saturated carbocycles. The molecule has 0 unspecified atom stereocenters. The molecule has 106 valence electrons. The summed E-state index contributed by atoms with van der Waals surface area (Å²) < 4.78 is 5.90. The molecule has 0 aromatic heterocycles. The van der Waals surface area contributed by atoms with E-state index in [4.69, 9.17) is 16.3 Å². The number of ether oxygens (including phenoxy) is 1. The minimum Gasteiger partial charge on any atom is -0.492 e. The van der Waals surface area contributed by atoms with Gasteiger partial charge in [0.05, 0.1) is 11.6 Å². The normalized spacial score (nSPS) is 14.6. The standard InChI is InChI=1S/C16H24ClNO/c1-2-3-4-5-11-19-16-13(7-6-8-15(16)17)12-18-14-9-10-14/h6-8,14,18H,2-5,9-12H2,1H3. The molecule has 2 rings (SSSR count). The van der Waals surface area contributed by atoms with Crippen LogP contribution in [0.3, 0.4) is 0 Å². The van der Waals surface area contributed by atoms with Gasteiger partial charge in [0, 0.05) is 18.2 Å². The number of rotatable bonds is 9. The first kappa shape index (κ1) is 14.7. The first-order chi connectivity index (χ1) is 9.31. The number of hydrogen-bond acceptors (Lipinski definition) is 2. The van der Waals surface area contributed by atoms with Crippen LogP contribution in [0.5, 0.6) is 5.75 Å². The van der Waals surface area contributed by atoms with E-state index in [2.05, 4.69) is 18.3 Å². The van der Waals surface area contributed by atoms with E-state index >= 15 is 0 Å². The van der Waals surface area contributed by atoms with Crippen molar-refractivity contribution in [3.8, 4) is 5.75 Å². The van der Waals surface area contributed by atoms with E-state index in [1.807, 2.05) is 12.1 Å². The van der Waals surface area contributed by atoms with Crippen LogP contribution in [0.1, 0.15) is 51.0 Å². The van der Waals surface area contributed by atoms with Crippen LogP contribution >= 0.6 is 11.6 Å². The van der Waals surface area contributed by atoms with E-state index in [0.29, 0.717) is 6.04 Å². The number of para-hydroxylation sites is 1. The fourth-order valence-electron chi connectivity index (χ4n) is 2.10. The second kappa shape index (κ2) is 7.76. The van der Waals surface area contributed by atoms with Gasteiger partial charge in [-0.05, 0) is 25.3 Å². The Hall–Kier alpha value is -0.730. The van der Waals surface area contributed by atoms with Crippen molar-refractivity contribution in [2.24, 2.45) is 0 Å². The predicted octanol–water partition coefficient (Wildman–Crippen LogP) is 4.55. The van der Waals surface area contributed by atoms with E-state index in [1.54, 1.807) is 0 Å². The molecule has 0 atom stereocenters. The fourth-order valence-corrected chi connectivity index (χ4v) is 2.35. The molecule has 3 heteroatoms. The SMILES string of the molecule is CCCCCCOc1c(Cl)cccc1CNC1CC1. The number of benzene rings is 1. The lowest BCUT2D eigenvalue weighted by molar-refractivity contribution is 0.301. The minimum absolute atomic E-state index is 0.705. The molecular formula is C16H24ClNO. The van der Waals surface area contributed by atoms with Crippen molar-refractivity contribution in [2.75, 3.05) is 6.61 Å². The van der Waals surface area contributed by atoms with Gasteiger partial charge in [0.15, 0.2) is 0 Å². The van der Waals surface area contributed by atoms with Gasteiger partial charge in [-0.3, -0.25) is 0 Å². The topological polar surface area (TPSA) is 21.3 Å². The van der Waals surface area contributed by atoms with Crippen molar-refractivity contribution >= 4 is 11.6 Å². The second-order valence-corrected chi connectivity index (χ2v) is 5.70. The van der Waals surface area contributed by atoms with E-state index in [0.717, 1.165) is 30.3 Å². The molecule has 1 aliphatic rings. The van der Waals surface area contributed by atoms with Gasteiger partial charge in [0.1, 0.15) is 5.75 Å². The zero-order valence-electron chi connectivity index (χ0n) is 11.8. The zero-order chi connectivity index (χ0) is 13.5. The Morgan fingerprint density at radius 1 is 1.26 bits per heavy atom. The maximum absolute atomic E-state index is 6.25. The summed E-state index contributed by atoms with van der Waals surface area (Å²) in [6.45, 7) is 3.84. The van der Waals surface area contributed by atoms with Gasteiger partial charge in [-0.1, -0.05) is 49.9 Å². The molecule has 1 aromatic carbocycles. The highest BCUT2D eigenvalue weighted by Gasteiger charge is 2.21. The Kier molecular flexibility index (Phi) is 5.99. The summed E-state index contributed by atoms with van der Waals surface area (Å²) in [6.07, 6.45) is 7.47. The molecule has 1 N–H and O–H groups in total. The third-order valence-electron chi connectivity index (χ3n) is 3.45. The third-order valence-corrected chi connectivity index (χ3v) is 3.75. The summed E-state index contributed by atoms with van der Waals surface area (Å²) in [5, 5.41) is 4.24. The Morgan fingerprint density at radius 3 is 2.84 bits per heavy atom. The van der Waals surface area contributed by atoms with Crippen LogP contribution in [-0.2, 0) is 6.54 Å². The van der Waals surface area contributed by atoms with Gasteiger partial charge in [-0.2, -0.15) is 0 Å². The van der Waals surface area contributed by atoms with Crippen molar-refractivity contribution in [1.82, 2.24) is 5.32 Å². The van der Waals surface area contributed by atoms with E-state index in [9.17, 15) is 0 Å². The monoisotopic (exact) mass is 281 g/mol. The first-order valence-electron chi connectivity index (χ1n) is 7.45. The highest BCUT2D eigenvalue weighted by Crippen LogP contribution is 2.30. The summed E-state index contributed by atoms with van der Waals surface area (Å²) in [5.41, 5.74) is 1.18. The molecule has 0 bridgehead atoms. The van der Waals surface area contributed by atoms with Gasteiger partial charge in [0.2, 0.25) is 0 Å². The predicted molar refractivity (Wildman–Crippen MR) is 81.0 cm³/mol. The zero-order valence-corrected chi connectivity index (χ0v) is 12.5. The van der Waals surface area contributed by atoms with Crippen LogP contribution in [0.2, 0.25) is 5.02 Å². The van der Waals surface area contributed by atoms with Crippen LogP contribution in [-0.4, -0.2) is 12.6 Å². The molecule has 0 saturated heterocycles. The maximum atomic E-state index is 6.25. The van der Waals surface area contributed by atoms with Gasteiger partial charge in [0.25, 0.3) is 0 Å². The quantitative estimate of drug-likeness (QED) is 0.671. The molecule has 19 heavy (non-hydrogen) atoms. The van der Waals surface area contributed by atoms with Crippen LogP contribution < -0.4 is 10.1 Å². The van der Waals surface area contributed by atoms with Crippen molar-refractivity contribution < 1.29 is 4.74 Å². The number of nitrogens with one attached hydrogen (secondary N) is 1. The molecule has 1 aliphatic carbocycles. The lowest BCUT2D eigenvalue weighted by Gasteiger charge is -2.13. The molecule has 2 nitrogen and oxygen atoms in total. The van der Waals surface area contributed by atoms with Crippen molar-refractivity contribution in [3.63, 3.8) is 0 Å². The lowest BCUT2D eigenvalue weighted by Crippen LogP contribution is -2.16. The van der Waals surface area contributed by atoms with Gasteiger partial charge < -0.3 is 10.1 Å². The van der Waals surface area contributed by atoms with Gasteiger partial charge >= 0.3 is 0 Å². The number of hydrogen-bond donors (Lipinski definition) is 1. The highest BCUT2D eigenvalue weighted by atomic mass is 35.5. The van der Waals surface area contributed by atoms with E-state index < -0.39 is 0 Å². The Morgan fingerprint density at radius 2 is 2.11 bits per heavy atom. The number of unbranched alkanes of at least 4 members (excludes halogenated alkanes) is 3. The number of halogens is 1. The highest BCUT2D eigenvalue weighted by molar-refractivity contribution is 6.32. The van der Waals surface area contributed by atoms with Crippen LogP contribution in [0.4, 0.5) is 0 Å². The smallest absolute Gasteiger partial charge is 0.142 e. The van der Waals surface area contributed by atoms with Crippen molar-refractivity contribution in [1.29, 1.82) is 0 Å². The van der Waals surface area contributed by atoms with E-state index in [1.165, 1.54) is 37.7 Å². The maximum Gasteiger partial charge on any atom is 0.142 e. The molecule has 0 heterocycles. The summed E-state index contributed by atoms with van der Waals surface area (Å²) >= 11 is 6.25. The summed E-state index contributed by atoms with van der Waals surface area (Å²) in [5.74, 6) is 0.869. The molecule has 1 aromatic rings. The molecule has 0 spiro atoms. The second-order valence-electron chi connectivity index (χ2n) is 5.29. The fraction of sp³-hybridized carbons (Fsp3) is 0.625. The summed E-state index contributed by atoms with van der Waals surface area (Å²) in [6, 6.07) is 6.71. The lowest BCUT2D eigenvalue weighted by atomic mass is 10.2. The third kappa shape index (κ3) is 5.04. The minimum atomic E-state index is 0.705. The average molecular weight is 282 g/mol.